The first-order valence-electron chi connectivity index (χ1n) is 7.11. The van der Waals surface area contributed by atoms with Crippen molar-refractivity contribution in [2.45, 2.75) is 58.2 Å². The van der Waals surface area contributed by atoms with Crippen molar-refractivity contribution in [2.24, 2.45) is 5.92 Å². The fourth-order valence-electron chi connectivity index (χ4n) is 2.59. The van der Waals surface area contributed by atoms with Crippen molar-refractivity contribution < 1.29 is 9.47 Å². The number of nitrogens with one attached hydrogen (secondary N) is 1. The minimum absolute atomic E-state index is 0.312. The maximum atomic E-state index is 6.10. The van der Waals surface area contributed by atoms with Crippen molar-refractivity contribution in [3.8, 4) is 0 Å². The lowest BCUT2D eigenvalue weighted by Crippen LogP contribution is -2.34. The minimum atomic E-state index is 0.312. The van der Waals surface area contributed by atoms with Gasteiger partial charge in [0.1, 0.15) is 0 Å². The Hall–Kier alpha value is -0.120. The van der Waals surface area contributed by atoms with E-state index in [0.29, 0.717) is 12.2 Å². The predicted molar refractivity (Wildman–Crippen MR) is 71.3 cm³/mol. The highest BCUT2D eigenvalue weighted by molar-refractivity contribution is 4.73. The van der Waals surface area contributed by atoms with Crippen LogP contribution in [0.3, 0.4) is 0 Å². The van der Waals surface area contributed by atoms with Crippen molar-refractivity contribution in [1.29, 1.82) is 0 Å². The molecule has 1 N–H and O–H groups in total. The van der Waals surface area contributed by atoms with E-state index in [4.69, 9.17) is 9.47 Å². The first-order valence-corrected chi connectivity index (χ1v) is 7.11. The van der Waals surface area contributed by atoms with Gasteiger partial charge in [-0.2, -0.15) is 0 Å². The monoisotopic (exact) mass is 243 g/mol. The Kier molecular flexibility index (Phi) is 7.82. The third-order valence-corrected chi connectivity index (χ3v) is 3.65. The van der Waals surface area contributed by atoms with Crippen LogP contribution in [0.4, 0.5) is 0 Å². The van der Waals surface area contributed by atoms with Crippen LogP contribution >= 0.6 is 0 Å². The second-order valence-corrected chi connectivity index (χ2v) is 5.21. The minimum Gasteiger partial charge on any atom is -0.383 e. The molecule has 3 nitrogen and oxygen atoms in total. The molecule has 1 aliphatic carbocycles. The van der Waals surface area contributed by atoms with Crippen LogP contribution in [-0.4, -0.2) is 39.0 Å². The summed E-state index contributed by atoms with van der Waals surface area (Å²) in [6.07, 6.45) is 7.36. The molecule has 0 spiro atoms. The normalized spacial score (nSPS) is 27.0. The van der Waals surface area contributed by atoms with Gasteiger partial charge in [-0.1, -0.05) is 26.2 Å². The van der Waals surface area contributed by atoms with Gasteiger partial charge in [-0.25, -0.2) is 0 Å². The molecule has 1 aliphatic rings. The second-order valence-electron chi connectivity index (χ2n) is 5.21. The fraction of sp³-hybridized carbons (Fsp3) is 1.00. The molecule has 0 amide bonds. The summed E-state index contributed by atoms with van der Waals surface area (Å²) in [5, 5.41) is 3.35. The SMILES string of the molecule is CCC1CCCC(OC(C)CNCCOC)C1. The van der Waals surface area contributed by atoms with Crippen LogP contribution in [0.25, 0.3) is 0 Å². The van der Waals surface area contributed by atoms with Crippen molar-refractivity contribution in [3.05, 3.63) is 0 Å². The quantitative estimate of drug-likeness (QED) is 0.665. The molecule has 0 saturated heterocycles. The molecule has 3 unspecified atom stereocenters. The Morgan fingerprint density at radius 3 is 2.88 bits per heavy atom. The summed E-state index contributed by atoms with van der Waals surface area (Å²) in [7, 11) is 1.73. The molecule has 1 saturated carbocycles. The predicted octanol–water partition coefficient (Wildman–Crippen LogP) is 2.60. The first kappa shape index (κ1) is 14.9. The molecule has 0 bridgehead atoms. The Labute approximate surface area is 106 Å². The molecule has 0 radical (unpaired) electrons. The van der Waals surface area contributed by atoms with E-state index in [0.717, 1.165) is 25.6 Å². The molecule has 3 atom stereocenters. The molecule has 17 heavy (non-hydrogen) atoms. The van der Waals surface area contributed by atoms with E-state index in [1.807, 2.05) is 0 Å². The standard InChI is InChI=1S/C14H29NO2/c1-4-13-6-5-7-14(10-13)17-12(2)11-15-8-9-16-3/h12-15H,4-11H2,1-3H3. The van der Waals surface area contributed by atoms with E-state index in [1.54, 1.807) is 7.11 Å². The number of methoxy groups -OCH3 is 1. The van der Waals surface area contributed by atoms with E-state index in [2.05, 4.69) is 19.2 Å². The van der Waals surface area contributed by atoms with Gasteiger partial charge >= 0.3 is 0 Å². The highest BCUT2D eigenvalue weighted by Gasteiger charge is 2.22. The van der Waals surface area contributed by atoms with Gasteiger partial charge in [-0.05, 0) is 25.7 Å². The van der Waals surface area contributed by atoms with Crippen LogP contribution in [0.5, 0.6) is 0 Å². The maximum Gasteiger partial charge on any atom is 0.0675 e. The molecule has 102 valence electrons. The van der Waals surface area contributed by atoms with E-state index < -0.39 is 0 Å². The highest BCUT2D eigenvalue weighted by Crippen LogP contribution is 2.28. The third kappa shape index (κ3) is 6.39. The maximum absolute atomic E-state index is 6.10. The van der Waals surface area contributed by atoms with Gasteiger partial charge in [0.2, 0.25) is 0 Å². The van der Waals surface area contributed by atoms with Crippen molar-refractivity contribution >= 4 is 0 Å². The molecule has 1 fully saturated rings. The van der Waals surface area contributed by atoms with Gasteiger partial charge < -0.3 is 14.8 Å². The van der Waals surface area contributed by atoms with Gasteiger partial charge in [-0.15, -0.1) is 0 Å². The molecule has 0 aromatic heterocycles. The van der Waals surface area contributed by atoms with Crippen LogP contribution in [0, 0.1) is 5.92 Å². The molecule has 0 aromatic carbocycles. The Morgan fingerprint density at radius 1 is 1.35 bits per heavy atom. The summed E-state index contributed by atoms with van der Waals surface area (Å²) in [5.74, 6) is 0.891. The van der Waals surface area contributed by atoms with E-state index in [1.165, 1.54) is 32.1 Å². The van der Waals surface area contributed by atoms with Gasteiger partial charge in [0.05, 0.1) is 18.8 Å². The van der Waals surface area contributed by atoms with Gasteiger partial charge in [0.15, 0.2) is 0 Å². The fourth-order valence-corrected chi connectivity index (χ4v) is 2.59. The van der Waals surface area contributed by atoms with Crippen LogP contribution in [0.1, 0.15) is 46.0 Å². The summed E-state index contributed by atoms with van der Waals surface area (Å²) in [6, 6.07) is 0. The Morgan fingerprint density at radius 2 is 2.18 bits per heavy atom. The van der Waals surface area contributed by atoms with Crippen LogP contribution in [0.15, 0.2) is 0 Å². The Bertz CT molecular complexity index is 187. The van der Waals surface area contributed by atoms with Gasteiger partial charge in [0, 0.05) is 20.2 Å². The zero-order chi connectivity index (χ0) is 12.5. The molecular formula is C14H29NO2. The lowest BCUT2D eigenvalue weighted by Gasteiger charge is -2.30. The molecular weight excluding hydrogens is 214 g/mol. The van der Waals surface area contributed by atoms with Crippen molar-refractivity contribution in [2.75, 3.05) is 26.8 Å². The number of hydrogen-bond acceptors (Lipinski definition) is 3. The highest BCUT2D eigenvalue weighted by atomic mass is 16.5. The van der Waals surface area contributed by atoms with E-state index in [-0.39, 0.29) is 0 Å². The van der Waals surface area contributed by atoms with Crippen LogP contribution < -0.4 is 5.32 Å². The number of hydrogen-bond donors (Lipinski definition) is 1. The largest absolute Gasteiger partial charge is 0.383 e. The number of rotatable bonds is 8. The lowest BCUT2D eigenvalue weighted by molar-refractivity contribution is -0.0317. The van der Waals surface area contributed by atoms with E-state index in [9.17, 15) is 0 Å². The molecule has 0 aliphatic heterocycles. The topological polar surface area (TPSA) is 30.5 Å². The first-order chi connectivity index (χ1) is 8.26. The van der Waals surface area contributed by atoms with Crippen molar-refractivity contribution in [3.63, 3.8) is 0 Å². The molecule has 0 aromatic rings. The summed E-state index contributed by atoms with van der Waals surface area (Å²) in [6.45, 7) is 7.06. The van der Waals surface area contributed by atoms with Crippen LogP contribution in [-0.2, 0) is 9.47 Å². The summed E-state index contributed by atoms with van der Waals surface area (Å²) in [5.41, 5.74) is 0. The zero-order valence-corrected chi connectivity index (χ0v) is 11.7. The van der Waals surface area contributed by atoms with E-state index >= 15 is 0 Å². The summed E-state index contributed by atoms with van der Waals surface area (Å²) < 4.78 is 11.1. The summed E-state index contributed by atoms with van der Waals surface area (Å²) >= 11 is 0. The average Bonchev–Trinajstić information content (AvgIpc) is 2.35. The lowest BCUT2D eigenvalue weighted by atomic mass is 9.85. The average molecular weight is 243 g/mol. The Balaban J connectivity index is 2.10. The van der Waals surface area contributed by atoms with Gasteiger partial charge in [0.25, 0.3) is 0 Å². The zero-order valence-electron chi connectivity index (χ0n) is 11.7. The third-order valence-electron chi connectivity index (χ3n) is 3.65. The molecule has 0 heterocycles. The van der Waals surface area contributed by atoms with Crippen molar-refractivity contribution in [1.82, 2.24) is 5.32 Å². The smallest absolute Gasteiger partial charge is 0.0675 e. The molecule has 1 rings (SSSR count). The number of ether oxygens (including phenoxy) is 2. The molecule has 3 heteroatoms. The van der Waals surface area contributed by atoms with Gasteiger partial charge in [-0.3, -0.25) is 0 Å². The van der Waals surface area contributed by atoms with Crippen LogP contribution in [0.2, 0.25) is 0 Å². The summed E-state index contributed by atoms with van der Waals surface area (Å²) in [4.78, 5) is 0. The second kappa shape index (κ2) is 8.90.